The molecule has 1 saturated heterocycles. The molecule has 1 aromatic rings. The van der Waals surface area contributed by atoms with Gasteiger partial charge in [0.1, 0.15) is 11.4 Å². The minimum atomic E-state index is -0.432. The first-order valence-corrected chi connectivity index (χ1v) is 8.85. The van der Waals surface area contributed by atoms with Gasteiger partial charge >= 0.3 is 7.12 Å². The van der Waals surface area contributed by atoms with E-state index in [-0.39, 0.29) is 22.6 Å². The van der Waals surface area contributed by atoms with Crippen LogP contribution in [-0.4, -0.2) is 29.7 Å². The van der Waals surface area contributed by atoms with Crippen molar-refractivity contribution in [1.29, 1.82) is 0 Å². The Labute approximate surface area is 144 Å². The van der Waals surface area contributed by atoms with Gasteiger partial charge in [-0.3, -0.25) is 4.79 Å². The van der Waals surface area contributed by atoms with Crippen molar-refractivity contribution < 1.29 is 18.8 Å². The molecule has 1 spiro atoms. The van der Waals surface area contributed by atoms with Gasteiger partial charge in [-0.1, -0.05) is 5.56 Å². The minimum absolute atomic E-state index is 0.194. The van der Waals surface area contributed by atoms with Gasteiger partial charge in [-0.15, -0.1) is 0 Å². The summed E-state index contributed by atoms with van der Waals surface area (Å²) in [6.45, 7) is 10.2. The first kappa shape index (κ1) is 16.2. The molecule has 3 aliphatic rings. The third-order valence-electron chi connectivity index (χ3n) is 6.25. The summed E-state index contributed by atoms with van der Waals surface area (Å²) < 4.78 is 18.6. The molecular weight excluding hydrogens is 303 g/mol. The quantitative estimate of drug-likeness (QED) is 0.743. The third-order valence-corrected chi connectivity index (χ3v) is 6.25. The van der Waals surface area contributed by atoms with Gasteiger partial charge in [0.25, 0.3) is 0 Å². The van der Waals surface area contributed by atoms with Crippen LogP contribution in [0.4, 0.5) is 0 Å². The highest BCUT2D eigenvalue weighted by molar-refractivity contribution is 6.62. The van der Waals surface area contributed by atoms with Crippen LogP contribution in [0.15, 0.2) is 12.1 Å². The number of aryl methyl sites for hydroxylation is 1. The number of carbonyl (C=O) groups excluding carboxylic acids is 1. The number of hydrogen-bond acceptors (Lipinski definition) is 4. The molecule has 0 bridgehead atoms. The Morgan fingerprint density at radius 2 is 1.67 bits per heavy atom. The second-order valence-electron chi connectivity index (χ2n) is 8.53. The standard InChI is InChI=1S/C19H25BO4/c1-12-9-13-15(21)11-19(7-6-8-19)22-16(13)10-14(12)20-23-17(2,3)18(4,5)24-20/h9-10H,6-8,11H2,1-5H3. The number of hydrogen-bond donors (Lipinski definition) is 0. The van der Waals surface area contributed by atoms with Crippen LogP contribution in [0, 0.1) is 6.92 Å². The maximum atomic E-state index is 12.5. The number of fused-ring (bicyclic) bond motifs is 1. The first-order valence-electron chi connectivity index (χ1n) is 8.85. The number of benzene rings is 1. The van der Waals surface area contributed by atoms with Crippen molar-refractivity contribution in [3.63, 3.8) is 0 Å². The van der Waals surface area contributed by atoms with Crippen LogP contribution in [0.5, 0.6) is 5.75 Å². The van der Waals surface area contributed by atoms with Gasteiger partial charge in [0.2, 0.25) is 0 Å². The molecule has 4 nitrogen and oxygen atoms in total. The molecule has 2 aliphatic heterocycles. The van der Waals surface area contributed by atoms with E-state index >= 15 is 0 Å². The van der Waals surface area contributed by atoms with Gasteiger partial charge in [0.05, 0.1) is 23.2 Å². The smallest absolute Gasteiger partial charge is 0.486 e. The topological polar surface area (TPSA) is 44.8 Å². The third kappa shape index (κ3) is 2.25. The van der Waals surface area contributed by atoms with Gasteiger partial charge in [-0.25, -0.2) is 0 Å². The normalized spacial score (nSPS) is 26.0. The van der Waals surface area contributed by atoms with E-state index in [0.29, 0.717) is 17.7 Å². The molecule has 24 heavy (non-hydrogen) atoms. The van der Waals surface area contributed by atoms with Crippen LogP contribution < -0.4 is 10.2 Å². The lowest BCUT2D eigenvalue weighted by molar-refractivity contribution is -0.0176. The zero-order chi connectivity index (χ0) is 17.3. The van der Waals surface area contributed by atoms with Crippen molar-refractivity contribution in [3.8, 4) is 5.75 Å². The Kier molecular flexibility index (Phi) is 3.27. The summed E-state index contributed by atoms with van der Waals surface area (Å²) in [5, 5.41) is 0. The van der Waals surface area contributed by atoms with Crippen LogP contribution in [0.1, 0.15) is 69.3 Å². The monoisotopic (exact) mass is 328 g/mol. The summed E-state index contributed by atoms with van der Waals surface area (Å²) in [7, 11) is -0.432. The number of Topliss-reactive ketones (excluding diaryl/α,β-unsaturated/α-hetero) is 1. The molecule has 128 valence electrons. The molecular formula is C19H25BO4. The van der Waals surface area contributed by atoms with E-state index in [9.17, 15) is 4.79 Å². The molecule has 0 aromatic heterocycles. The van der Waals surface area contributed by atoms with Gasteiger partial charge in [-0.05, 0) is 71.5 Å². The molecule has 5 heteroatoms. The number of ketones is 1. The van der Waals surface area contributed by atoms with Crippen molar-refractivity contribution in [3.05, 3.63) is 23.3 Å². The Morgan fingerprint density at radius 3 is 2.21 bits per heavy atom. The van der Waals surface area contributed by atoms with E-state index in [1.807, 2.05) is 46.8 Å². The molecule has 1 aromatic carbocycles. The van der Waals surface area contributed by atoms with Crippen LogP contribution >= 0.6 is 0 Å². The van der Waals surface area contributed by atoms with Gasteiger partial charge < -0.3 is 14.0 Å². The highest BCUT2D eigenvalue weighted by Gasteiger charge is 2.52. The van der Waals surface area contributed by atoms with Gasteiger partial charge in [0.15, 0.2) is 5.78 Å². The molecule has 1 saturated carbocycles. The molecule has 2 heterocycles. The Morgan fingerprint density at radius 1 is 1.04 bits per heavy atom. The van der Waals surface area contributed by atoms with Crippen molar-refractivity contribution in [1.82, 2.24) is 0 Å². The Hall–Kier alpha value is -1.33. The SMILES string of the molecule is Cc1cc2c(cc1B1OC(C)(C)C(C)(C)O1)OC1(CCC1)CC2=O. The maximum absolute atomic E-state index is 12.5. The Bertz CT molecular complexity index is 702. The number of ether oxygens (including phenoxy) is 1. The molecule has 4 rings (SSSR count). The van der Waals surface area contributed by atoms with E-state index in [0.717, 1.165) is 30.3 Å². The fourth-order valence-electron chi connectivity index (χ4n) is 3.74. The van der Waals surface area contributed by atoms with E-state index in [2.05, 4.69) is 0 Å². The predicted molar refractivity (Wildman–Crippen MR) is 93.1 cm³/mol. The molecule has 0 radical (unpaired) electrons. The van der Waals surface area contributed by atoms with E-state index < -0.39 is 7.12 Å². The van der Waals surface area contributed by atoms with Crippen LogP contribution in [-0.2, 0) is 9.31 Å². The average molecular weight is 328 g/mol. The molecule has 1 aliphatic carbocycles. The predicted octanol–water partition coefficient (Wildman–Crippen LogP) is 3.18. The summed E-state index contributed by atoms with van der Waals surface area (Å²) >= 11 is 0. The summed E-state index contributed by atoms with van der Waals surface area (Å²) in [6, 6.07) is 3.90. The zero-order valence-corrected chi connectivity index (χ0v) is 15.2. The maximum Gasteiger partial charge on any atom is 0.495 e. The van der Waals surface area contributed by atoms with Crippen LogP contribution in [0.25, 0.3) is 0 Å². The van der Waals surface area contributed by atoms with Crippen molar-refractivity contribution >= 4 is 18.4 Å². The average Bonchev–Trinajstić information content (AvgIpc) is 2.65. The highest BCUT2D eigenvalue weighted by Crippen LogP contribution is 2.45. The molecule has 0 N–H and O–H groups in total. The summed E-state index contributed by atoms with van der Waals surface area (Å²) in [4.78, 5) is 12.5. The Balaban J connectivity index is 1.72. The second kappa shape index (κ2) is 4.86. The van der Waals surface area contributed by atoms with E-state index in [1.165, 1.54) is 0 Å². The summed E-state index contributed by atoms with van der Waals surface area (Å²) in [6.07, 6.45) is 3.59. The lowest BCUT2D eigenvalue weighted by atomic mass is 9.72. The fraction of sp³-hybridized carbons (Fsp3) is 0.632. The highest BCUT2D eigenvalue weighted by atomic mass is 16.7. The molecule has 0 unspecified atom stereocenters. The minimum Gasteiger partial charge on any atom is -0.486 e. The largest absolute Gasteiger partial charge is 0.495 e. The van der Waals surface area contributed by atoms with Gasteiger partial charge in [-0.2, -0.15) is 0 Å². The second-order valence-corrected chi connectivity index (χ2v) is 8.53. The van der Waals surface area contributed by atoms with E-state index in [1.54, 1.807) is 0 Å². The lowest BCUT2D eigenvalue weighted by Gasteiger charge is -2.44. The molecule has 0 amide bonds. The van der Waals surface area contributed by atoms with Crippen molar-refractivity contribution in [2.75, 3.05) is 0 Å². The summed E-state index contributed by atoms with van der Waals surface area (Å²) in [5.41, 5.74) is 1.64. The van der Waals surface area contributed by atoms with Crippen LogP contribution in [0.2, 0.25) is 0 Å². The van der Waals surface area contributed by atoms with Gasteiger partial charge in [0, 0.05) is 0 Å². The lowest BCUT2D eigenvalue weighted by Crippen LogP contribution is -2.48. The molecule has 2 fully saturated rings. The number of carbonyl (C=O) groups is 1. The van der Waals surface area contributed by atoms with E-state index in [4.69, 9.17) is 14.0 Å². The fourth-order valence-corrected chi connectivity index (χ4v) is 3.74. The van der Waals surface area contributed by atoms with Crippen LogP contribution in [0.3, 0.4) is 0 Å². The number of rotatable bonds is 1. The van der Waals surface area contributed by atoms with Crippen molar-refractivity contribution in [2.24, 2.45) is 0 Å². The molecule has 0 atom stereocenters. The summed E-state index contributed by atoms with van der Waals surface area (Å²) in [5.74, 6) is 0.890. The zero-order valence-electron chi connectivity index (χ0n) is 15.2. The first-order chi connectivity index (χ1) is 11.1. The van der Waals surface area contributed by atoms with Crippen molar-refractivity contribution in [2.45, 2.75) is 77.1 Å².